The van der Waals surface area contributed by atoms with Gasteiger partial charge in [0.2, 0.25) is 11.8 Å². The first-order valence-corrected chi connectivity index (χ1v) is 4.50. The molecule has 0 bridgehead atoms. The Labute approximate surface area is 78.1 Å². The van der Waals surface area contributed by atoms with Crippen molar-refractivity contribution in [1.29, 1.82) is 0 Å². The summed E-state index contributed by atoms with van der Waals surface area (Å²) < 4.78 is 0. The second kappa shape index (κ2) is 3.36. The zero-order valence-electron chi connectivity index (χ0n) is 8.31. The van der Waals surface area contributed by atoms with Crippen LogP contribution >= 0.6 is 0 Å². The minimum absolute atomic E-state index is 0.0333. The number of carbonyl (C=O) groups is 2. The SMILES string of the molecule is CC(C)(C)NC(=O)C1CCC(=O)N1. The second-order valence-electron chi connectivity index (χ2n) is 4.40. The van der Waals surface area contributed by atoms with Crippen molar-refractivity contribution in [2.45, 2.75) is 45.2 Å². The molecular formula is C9H16N2O2. The van der Waals surface area contributed by atoms with Crippen molar-refractivity contribution in [3.8, 4) is 0 Å². The van der Waals surface area contributed by atoms with Crippen LogP contribution in [-0.2, 0) is 9.59 Å². The van der Waals surface area contributed by atoms with Crippen LogP contribution in [0.4, 0.5) is 0 Å². The minimum Gasteiger partial charge on any atom is -0.350 e. The Kier molecular flexibility index (Phi) is 2.59. The summed E-state index contributed by atoms with van der Waals surface area (Å²) >= 11 is 0. The molecule has 74 valence electrons. The van der Waals surface area contributed by atoms with Crippen molar-refractivity contribution >= 4 is 11.8 Å². The van der Waals surface area contributed by atoms with Crippen LogP contribution in [0.3, 0.4) is 0 Å². The highest BCUT2D eigenvalue weighted by Gasteiger charge is 2.28. The standard InChI is InChI=1S/C9H16N2O2/c1-9(2,3)11-8(13)6-4-5-7(12)10-6/h6H,4-5H2,1-3H3,(H,10,12)(H,11,13). The Balaban J connectivity index is 2.45. The monoisotopic (exact) mass is 184 g/mol. The lowest BCUT2D eigenvalue weighted by molar-refractivity contribution is -0.126. The van der Waals surface area contributed by atoms with Crippen LogP contribution < -0.4 is 10.6 Å². The van der Waals surface area contributed by atoms with Crippen molar-refractivity contribution in [1.82, 2.24) is 10.6 Å². The summed E-state index contributed by atoms with van der Waals surface area (Å²) in [5.74, 6) is -0.118. The fourth-order valence-electron chi connectivity index (χ4n) is 1.27. The van der Waals surface area contributed by atoms with Crippen molar-refractivity contribution in [3.05, 3.63) is 0 Å². The lowest BCUT2D eigenvalue weighted by Gasteiger charge is -2.22. The molecule has 0 radical (unpaired) electrons. The van der Waals surface area contributed by atoms with Gasteiger partial charge in [0.05, 0.1) is 0 Å². The highest BCUT2D eigenvalue weighted by Crippen LogP contribution is 2.08. The fourth-order valence-corrected chi connectivity index (χ4v) is 1.27. The van der Waals surface area contributed by atoms with Gasteiger partial charge in [-0.2, -0.15) is 0 Å². The molecule has 0 saturated carbocycles. The van der Waals surface area contributed by atoms with Crippen molar-refractivity contribution in [2.24, 2.45) is 0 Å². The Morgan fingerprint density at radius 2 is 2.15 bits per heavy atom. The predicted octanol–water partition coefficient (Wildman–Crippen LogP) is 0.180. The lowest BCUT2D eigenvalue weighted by Crippen LogP contribution is -2.49. The van der Waals surface area contributed by atoms with E-state index in [4.69, 9.17) is 0 Å². The Morgan fingerprint density at radius 1 is 1.54 bits per heavy atom. The molecule has 4 nitrogen and oxygen atoms in total. The van der Waals surface area contributed by atoms with E-state index < -0.39 is 0 Å². The molecular weight excluding hydrogens is 168 g/mol. The molecule has 1 aliphatic heterocycles. The molecule has 1 heterocycles. The van der Waals surface area contributed by atoms with Crippen LogP contribution in [0.25, 0.3) is 0 Å². The molecule has 13 heavy (non-hydrogen) atoms. The highest BCUT2D eigenvalue weighted by atomic mass is 16.2. The number of hydrogen-bond acceptors (Lipinski definition) is 2. The maximum absolute atomic E-state index is 11.5. The van der Waals surface area contributed by atoms with E-state index in [9.17, 15) is 9.59 Å². The van der Waals surface area contributed by atoms with Crippen LogP contribution in [0.2, 0.25) is 0 Å². The third-order valence-electron chi connectivity index (χ3n) is 1.81. The molecule has 4 heteroatoms. The number of carbonyl (C=O) groups excluding carboxylic acids is 2. The van der Waals surface area contributed by atoms with Gasteiger partial charge >= 0.3 is 0 Å². The molecule has 0 aromatic carbocycles. The van der Waals surface area contributed by atoms with Crippen molar-refractivity contribution in [3.63, 3.8) is 0 Å². The molecule has 2 amide bonds. The van der Waals surface area contributed by atoms with E-state index in [1.165, 1.54) is 0 Å². The van der Waals surface area contributed by atoms with Gasteiger partial charge in [-0.1, -0.05) is 0 Å². The van der Waals surface area contributed by atoms with Gasteiger partial charge in [0.15, 0.2) is 0 Å². The Bertz CT molecular complexity index is 230. The topological polar surface area (TPSA) is 58.2 Å². The van der Waals surface area contributed by atoms with Crippen LogP contribution in [-0.4, -0.2) is 23.4 Å². The van der Waals surface area contributed by atoms with Crippen LogP contribution in [0.1, 0.15) is 33.6 Å². The smallest absolute Gasteiger partial charge is 0.242 e. The van der Waals surface area contributed by atoms with Gasteiger partial charge in [-0.3, -0.25) is 9.59 Å². The van der Waals surface area contributed by atoms with E-state index in [2.05, 4.69) is 10.6 Å². The lowest BCUT2D eigenvalue weighted by atomic mass is 10.1. The molecule has 0 spiro atoms. The Morgan fingerprint density at radius 3 is 2.54 bits per heavy atom. The van der Waals surface area contributed by atoms with Gasteiger partial charge in [0.25, 0.3) is 0 Å². The predicted molar refractivity (Wildman–Crippen MR) is 49.1 cm³/mol. The van der Waals surface area contributed by atoms with E-state index in [1.54, 1.807) is 0 Å². The number of rotatable bonds is 1. The zero-order valence-corrected chi connectivity index (χ0v) is 8.31. The molecule has 0 aromatic heterocycles. The molecule has 1 unspecified atom stereocenters. The minimum atomic E-state index is -0.327. The van der Waals surface area contributed by atoms with Crippen LogP contribution in [0.5, 0.6) is 0 Å². The van der Waals surface area contributed by atoms with Crippen LogP contribution in [0, 0.1) is 0 Å². The van der Waals surface area contributed by atoms with E-state index >= 15 is 0 Å². The van der Waals surface area contributed by atoms with Gasteiger partial charge in [0.1, 0.15) is 6.04 Å². The normalized spacial score (nSPS) is 22.7. The second-order valence-corrected chi connectivity index (χ2v) is 4.40. The first kappa shape index (κ1) is 10.0. The van der Waals surface area contributed by atoms with Gasteiger partial charge in [-0.25, -0.2) is 0 Å². The molecule has 1 atom stereocenters. The zero-order chi connectivity index (χ0) is 10.1. The summed E-state index contributed by atoms with van der Waals surface area (Å²) in [6.07, 6.45) is 1.07. The Hall–Kier alpha value is -1.06. The summed E-state index contributed by atoms with van der Waals surface area (Å²) in [6.45, 7) is 5.75. The van der Waals surface area contributed by atoms with Crippen LogP contribution in [0.15, 0.2) is 0 Å². The first-order chi connectivity index (χ1) is 5.88. The molecule has 1 fully saturated rings. The fraction of sp³-hybridized carbons (Fsp3) is 0.778. The summed E-state index contributed by atoms with van der Waals surface area (Å²) in [6, 6.07) is -0.327. The van der Waals surface area contributed by atoms with Crippen molar-refractivity contribution in [2.75, 3.05) is 0 Å². The van der Waals surface area contributed by atoms with Crippen molar-refractivity contribution < 1.29 is 9.59 Å². The molecule has 0 aromatic rings. The third kappa shape index (κ3) is 3.05. The maximum Gasteiger partial charge on any atom is 0.242 e. The van der Waals surface area contributed by atoms with E-state index in [1.807, 2.05) is 20.8 Å². The molecule has 1 saturated heterocycles. The first-order valence-electron chi connectivity index (χ1n) is 4.50. The van der Waals surface area contributed by atoms with Gasteiger partial charge in [-0.15, -0.1) is 0 Å². The van der Waals surface area contributed by atoms with Gasteiger partial charge in [-0.05, 0) is 27.2 Å². The highest BCUT2D eigenvalue weighted by molar-refractivity contribution is 5.91. The van der Waals surface area contributed by atoms with E-state index in [-0.39, 0.29) is 23.4 Å². The number of amides is 2. The largest absolute Gasteiger partial charge is 0.350 e. The number of nitrogens with one attached hydrogen (secondary N) is 2. The summed E-state index contributed by atoms with van der Waals surface area (Å²) in [7, 11) is 0. The molecule has 0 aliphatic carbocycles. The van der Waals surface area contributed by atoms with E-state index in [0.29, 0.717) is 12.8 Å². The molecule has 1 rings (SSSR count). The molecule has 2 N–H and O–H groups in total. The van der Waals surface area contributed by atoms with Gasteiger partial charge < -0.3 is 10.6 Å². The molecule has 1 aliphatic rings. The summed E-state index contributed by atoms with van der Waals surface area (Å²) in [5.41, 5.74) is -0.232. The quantitative estimate of drug-likeness (QED) is 0.610. The average Bonchev–Trinajstić information content (AvgIpc) is 2.31. The van der Waals surface area contributed by atoms with Gasteiger partial charge in [0, 0.05) is 12.0 Å². The number of hydrogen-bond donors (Lipinski definition) is 2. The third-order valence-corrected chi connectivity index (χ3v) is 1.81. The van der Waals surface area contributed by atoms with E-state index in [0.717, 1.165) is 0 Å². The maximum atomic E-state index is 11.5. The summed E-state index contributed by atoms with van der Waals surface area (Å²) in [5, 5.41) is 5.45. The average molecular weight is 184 g/mol. The summed E-state index contributed by atoms with van der Waals surface area (Å²) in [4.78, 5) is 22.3.